The minimum Gasteiger partial charge on any atom is -0.350 e. The zero-order valence-corrected chi connectivity index (χ0v) is 18.9. The first-order chi connectivity index (χ1) is 14.4. The van der Waals surface area contributed by atoms with Crippen LogP contribution in [-0.4, -0.2) is 49.4 Å². The molecule has 2 amide bonds. The molecule has 0 spiro atoms. The topological polar surface area (TPSA) is 86.8 Å². The lowest BCUT2D eigenvalue weighted by Gasteiger charge is -2.47. The predicted octanol–water partition coefficient (Wildman–Crippen LogP) is 2.47. The molecule has 3 rings (SSSR count). The molecule has 31 heavy (non-hydrogen) atoms. The molecule has 1 aliphatic heterocycles. The van der Waals surface area contributed by atoms with Crippen LogP contribution in [0.15, 0.2) is 42.5 Å². The smallest absolute Gasteiger partial charge is 0.247 e. The van der Waals surface area contributed by atoms with E-state index in [1.165, 1.54) is 36.1 Å². The van der Waals surface area contributed by atoms with Gasteiger partial charge in [-0.25, -0.2) is 12.8 Å². The number of nitrogens with zero attached hydrogens (tertiary/aromatic N) is 2. The number of amides is 2. The highest BCUT2D eigenvalue weighted by Gasteiger charge is 2.50. The summed E-state index contributed by atoms with van der Waals surface area (Å²) >= 11 is 6.14. The lowest BCUT2D eigenvalue weighted by atomic mass is 9.93. The standard InChI is InChI=1S/C21H23ClFN3O4S/c1-14-4-7-16(22)10-18(14)26-19(27)12-25(31(3,29)30)13-21(26,2)20(28)24-11-15-5-8-17(23)9-6-15/h4-10H,11-13H2,1-3H3,(H,24,28). The molecule has 1 heterocycles. The summed E-state index contributed by atoms with van der Waals surface area (Å²) in [5.74, 6) is -1.48. The fraction of sp³-hybridized carbons (Fsp3) is 0.333. The quantitative estimate of drug-likeness (QED) is 0.731. The van der Waals surface area contributed by atoms with Crippen molar-refractivity contribution in [2.45, 2.75) is 25.9 Å². The maximum Gasteiger partial charge on any atom is 0.247 e. The summed E-state index contributed by atoms with van der Waals surface area (Å²) in [6.45, 7) is 2.77. The number of piperazine rings is 1. The zero-order chi connectivity index (χ0) is 23.0. The van der Waals surface area contributed by atoms with Crippen molar-refractivity contribution >= 4 is 39.1 Å². The Kier molecular flexibility index (Phi) is 6.40. The lowest BCUT2D eigenvalue weighted by molar-refractivity contribution is -0.133. The number of anilines is 1. The molecule has 1 fully saturated rings. The van der Waals surface area contributed by atoms with Crippen molar-refractivity contribution in [1.29, 1.82) is 0 Å². The van der Waals surface area contributed by atoms with E-state index in [9.17, 15) is 22.4 Å². The Bertz CT molecular complexity index is 1120. The van der Waals surface area contributed by atoms with E-state index in [1.807, 2.05) is 0 Å². The number of hydrogen-bond donors (Lipinski definition) is 1. The summed E-state index contributed by atoms with van der Waals surface area (Å²) in [4.78, 5) is 27.7. The molecule has 1 saturated heterocycles. The van der Waals surface area contributed by atoms with Gasteiger partial charge in [0.2, 0.25) is 21.8 Å². The maximum absolute atomic E-state index is 13.3. The van der Waals surface area contributed by atoms with Gasteiger partial charge in [-0.1, -0.05) is 29.8 Å². The van der Waals surface area contributed by atoms with E-state index in [2.05, 4.69) is 5.32 Å². The van der Waals surface area contributed by atoms with Crippen molar-refractivity contribution in [3.05, 3.63) is 64.4 Å². The molecule has 2 aromatic carbocycles. The molecule has 7 nitrogen and oxygen atoms in total. The third-order valence-electron chi connectivity index (χ3n) is 5.28. The van der Waals surface area contributed by atoms with E-state index in [0.717, 1.165) is 10.6 Å². The van der Waals surface area contributed by atoms with E-state index < -0.39 is 33.2 Å². The van der Waals surface area contributed by atoms with Gasteiger partial charge in [0.25, 0.3) is 0 Å². The van der Waals surface area contributed by atoms with Crippen molar-refractivity contribution in [3.8, 4) is 0 Å². The Morgan fingerprint density at radius 1 is 1.23 bits per heavy atom. The lowest BCUT2D eigenvalue weighted by Crippen LogP contribution is -2.70. The van der Waals surface area contributed by atoms with Gasteiger partial charge in [-0.15, -0.1) is 0 Å². The van der Waals surface area contributed by atoms with Crippen molar-refractivity contribution in [1.82, 2.24) is 9.62 Å². The van der Waals surface area contributed by atoms with E-state index in [1.54, 1.807) is 25.1 Å². The number of carbonyl (C=O) groups is 2. The van der Waals surface area contributed by atoms with Crippen molar-refractivity contribution < 1.29 is 22.4 Å². The number of benzene rings is 2. The first-order valence-corrected chi connectivity index (χ1v) is 11.7. The summed E-state index contributed by atoms with van der Waals surface area (Å²) in [6, 6.07) is 10.6. The highest BCUT2D eigenvalue weighted by molar-refractivity contribution is 7.88. The SMILES string of the molecule is Cc1ccc(Cl)cc1N1C(=O)CN(S(C)(=O)=O)CC1(C)C(=O)NCc1ccc(F)cc1. The number of nitrogens with one attached hydrogen (secondary N) is 1. The van der Waals surface area contributed by atoms with Gasteiger partial charge in [-0.3, -0.25) is 14.5 Å². The van der Waals surface area contributed by atoms with E-state index >= 15 is 0 Å². The third-order valence-corrected chi connectivity index (χ3v) is 6.71. The van der Waals surface area contributed by atoms with E-state index in [-0.39, 0.29) is 19.6 Å². The van der Waals surface area contributed by atoms with Gasteiger partial charge >= 0.3 is 0 Å². The fourth-order valence-electron chi connectivity index (χ4n) is 3.57. The average molecular weight is 468 g/mol. The van der Waals surface area contributed by atoms with Crippen LogP contribution in [0.5, 0.6) is 0 Å². The van der Waals surface area contributed by atoms with Crippen LogP contribution in [-0.2, 0) is 26.2 Å². The van der Waals surface area contributed by atoms with Crippen LogP contribution < -0.4 is 10.2 Å². The molecule has 1 unspecified atom stereocenters. The van der Waals surface area contributed by atoms with Crippen molar-refractivity contribution in [2.75, 3.05) is 24.2 Å². The molecule has 1 atom stereocenters. The molecule has 10 heteroatoms. The largest absolute Gasteiger partial charge is 0.350 e. The van der Waals surface area contributed by atoms with Crippen molar-refractivity contribution in [2.24, 2.45) is 0 Å². The Hall–Kier alpha value is -2.49. The summed E-state index contributed by atoms with van der Waals surface area (Å²) in [5, 5.41) is 3.13. The second-order valence-electron chi connectivity index (χ2n) is 7.77. The van der Waals surface area contributed by atoms with Crippen LogP contribution in [0.3, 0.4) is 0 Å². The average Bonchev–Trinajstić information content (AvgIpc) is 2.68. The maximum atomic E-state index is 13.3. The van der Waals surface area contributed by atoms with Gasteiger partial charge in [0.15, 0.2) is 0 Å². The molecule has 0 bridgehead atoms. The Labute approximate surface area is 185 Å². The number of halogens is 2. The van der Waals surface area contributed by atoms with Gasteiger partial charge in [0, 0.05) is 23.8 Å². The first kappa shape index (κ1) is 23.2. The second kappa shape index (κ2) is 8.57. The van der Waals surface area contributed by atoms with Gasteiger partial charge in [-0.2, -0.15) is 4.31 Å². The van der Waals surface area contributed by atoms with Crippen LogP contribution >= 0.6 is 11.6 Å². The molecule has 0 radical (unpaired) electrons. The predicted molar refractivity (Wildman–Crippen MR) is 117 cm³/mol. The number of rotatable bonds is 5. The minimum atomic E-state index is -3.72. The Morgan fingerprint density at radius 2 is 1.87 bits per heavy atom. The zero-order valence-electron chi connectivity index (χ0n) is 17.4. The van der Waals surface area contributed by atoms with Crippen molar-refractivity contribution in [3.63, 3.8) is 0 Å². The normalized spacial score (nSPS) is 20.0. The second-order valence-corrected chi connectivity index (χ2v) is 10.2. The van der Waals surface area contributed by atoms with E-state index in [0.29, 0.717) is 21.8 Å². The molecular weight excluding hydrogens is 445 g/mol. The van der Waals surface area contributed by atoms with Gasteiger partial charge < -0.3 is 5.32 Å². The number of carbonyl (C=O) groups excluding carboxylic acids is 2. The number of sulfonamides is 1. The molecule has 166 valence electrons. The monoisotopic (exact) mass is 467 g/mol. The summed E-state index contributed by atoms with van der Waals surface area (Å²) in [7, 11) is -3.72. The van der Waals surface area contributed by atoms with Gasteiger partial charge in [0.05, 0.1) is 12.8 Å². The Balaban J connectivity index is 1.99. The third kappa shape index (κ3) is 4.89. The summed E-state index contributed by atoms with van der Waals surface area (Å²) in [6.07, 6.45) is 0.997. The molecule has 2 aromatic rings. The highest BCUT2D eigenvalue weighted by atomic mass is 35.5. The molecule has 0 aliphatic carbocycles. The van der Waals surface area contributed by atoms with Crippen LogP contribution in [0.4, 0.5) is 10.1 Å². The Morgan fingerprint density at radius 3 is 2.48 bits per heavy atom. The number of hydrogen-bond acceptors (Lipinski definition) is 4. The van der Waals surface area contributed by atoms with Crippen LogP contribution in [0.2, 0.25) is 5.02 Å². The number of aryl methyl sites for hydroxylation is 1. The highest BCUT2D eigenvalue weighted by Crippen LogP contribution is 2.34. The van der Waals surface area contributed by atoms with Crippen LogP contribution in [0.25, 0.3) is 0 Å². The van der Waals surface area contributed by atoms with Gasteiger partial charge in [0.1, 0.15) is 11.4 Å². The molecular formula is C21H23ClFN3O4S. The summed E-state index contributed by atoms with van der Waals surface area (Å²) < 4.78 is 38.5. The van der Waals surface area contributed by atoms with Gasteiger partial charge in [-0.05, 0) is 49.2 Å². The van der Waals surface area contributed by atoms with Crippen LogP contribution in [0.1, 0.15) is 18.1 Å². The molecule has 1 N–H and O–H groups in total. The first-order valence-electron chi connectivity index (χ1n) is 9.49. The molecule has 1 aliphatic rings. The minimum absolute atomic E-state index is 0.0874. The fourth-order valence-corrected chi connectivity index (χ4v) is 4.57. The summed E-state index contributed by atoms with van der Waals surface area (Å²) in [5.41, 5.74) is 0.271. The van der Waals surface area contributed by atoms with Crippen LogP contribution in [0, 0.1) is 12.7 Å². The molecule has 0 saturated carbocycles. The van der Waals surface area contributed by atoms with E-state index in [4.69, 9.17) is 11.6 Å². The molecule has 0 aromatic heterocycles.